The zero-order chi connectivity index (χ0) is 24.8. The summed E-state index contributed by atoms with van der Waals surface area (Å²) in [7, 11) is 0. The first-order valence-corrected chi connectivity index (χ1v) is 13.1. The topological polar surface area (TPSA) is 12.9 Å². The first-order valence-electron chi connectivity index (χ1n) is 13.1. The van der Waals surface area contributed by atoms with Crippen LogP contribution in [0.1, 0.15) is 0 Å². The van der Waals surface area contributed by atoms with Gasteiger partial charge in [-0.3, -0.25) is 4.98 Å². The molecule has 0 fully saturated rings. The first kappa shape index (κ1) is 20.1. The van der Waals surface area contributed by atoms with E-state index >= 15 is 0 Å². The number of hydrogen-bond acceptors (Lipinski definition) is 1. The third-order valence-electron chi connectivity index (χ3n) is 8.39. The maximum atomic E-state index is 4.88. The Morgan fingerprint density at radius 1 is 0.368 bits per heavy atom. The van der Waals surface area contributed by atoms with Crippen molar-refractivity contribution in [3.05, 3.63) is 128 Å². The Morgan fingerprint density at radius 3 is 1.58 bits per heavy atom. The predicted octanol–water partition coefficient (Wildman–Crippen LogP) is 10.2. The minimum atomic E-state index is 1.01. The van der Waals surface area contributed by atoms with Gasteiger partial charge in [-0.25, -0.2) is 0 Å². The highest BCUT2D eigenvalue weighted by Crippen LogP contribution is 2.47. The summed E-state index contributed by atoms with van der Waals surface area (Å²) in [5.74, 6) is 0. The molecule has 0 unspecified atom stereocenters. The molecule has 0 spiro atoms. The average Bonchev–Trinajstić information content (AvgIpc) is 2.98. The Bertz CT molecular complexity index is 2300. The fourth-order valence-corrected chi connectivity index (χ4v) is 6.78. The molecule has 0 N–H and O–H groups in total. The molecule has 0 saturated heterocycles. The van der Waals surface area contributed by atoms with Crippen LogP contribution in [-0.4, -0.2) is 4.98 Å². The van der Waals surface area contributed by atoms with Crippen LogP contribution in [0.5, 0.6) is 0 Å². The predicted molar refractivity (Wildman–Crippen MR) is 163 cm³/mol. The van der Waals surface area contributed by atoms with Crippen molar-refractivity contribution in [1.29, 1.82) is 0 Å². The zero-order valence-electron chi connectivity index (χ0n) is 20.6. The van der Waals surface area contributed by atoms with Gasteiger partial charge in [0.2, 0.25) is 0 Å². The van der Waals surface area contributed by atoms with Crippen molar-refractivity contribution in [2.75, 3.05) is 0 Å². The van der Waals surface area contributed by atoms with Crippen LogP contribution in [0.3, 0.4) is 0 Å². The Balaban J connectivity index is 1.49. The second kappa shape index (κ2) is 7.27. The van der Waals surface area contributed by atoms with Gasteiger partial charge in [0.1, 0.15) is 0 Å². The molecular formula is C37H21N. The Labute approximate surface area is 219 Å². The molecule has 0 aliphatic carbocycles. The number of pyridine rings is 1. The molecule has 8 aromatic carbocycles. The van der Waals surface area contributed by atoms with E-state index in [1.54, 1.807) is 0 Å². The van der Waals surface area contributed by atoms with Crippen LogP contribution in [0.25, 0.3) is 87.0 Å². The summed E-state index contributed by atoms with van der Waals surface area (Å²) in [6.07, 6.45) is 1.90. The highest BCUT2D eigenvalue weighted by molar-refractivity contribution is 6.29. The second-order valence-corrected chi connectivity index (χ2v) is 10.3. The van der Waals surface area contributed by atoms with Crippen LogP contribution < -0.4 is 0 Å². The monoisotopic (exact) mass is 479 g/mol. The first-order chi connectivity index (χ1) is 18.8. The van der Waals surface area contributed by atoms with E-state index in [1.165, 1.54) is 81.3 Å². The van der Waals surface area contributed by atoms with Gasteiger partial charge in [0.15, 0.2) is 0 Å². The van der Waals surface area contributed by atoms with Crippen molar-refractivity contribution in [3.63, 3.8) is 0 Å². The minimum absolute atomic E-state index is 1.01. The quantitative estimate of drug-likeness (QED) is 0.225. The molecule has 1 heteroatoms. The second-order valence-electron chi connectivity index (χ2n) is 10.3. The lowest BCUT2D eigenvalue weighted by Gasteiger charge is -2.20. The number of benzene rings is 8. The molecule has 1 aromatic heterocycles. The van der Waals surface area contributed by atoms with E-state index in [1.807, 2.05) is 12.3 Å². The maximum Gasteiger partial charge on any atom is 0.0714 e. The third kappa shape index (κ3) is 2.58. The molecule has 0 saturated carbocycles. The summed E-state index contributed by atoms with van der Waals surface area (Å²) in [6.45, 7) is 0. The molecule has 1 nitrogen and oxygen atoms in total. The fraction of sp³-hybridized carbons (Fsp3) is 0. The van der Waals surface area contributed by atoms with E-state index < -0.39 is 0 Å². The molecule has 0 aliphatic rings. The standard InChI is InChI=1S/C37H21N/c1-2-20-38-32(9-1)37-30-19-16-25-8-4-6-23-12-13-27(36(30)34(23)25)21-31(37)28-17-14-26-11-10-22-5-3-7-24-15-18-29(28)35(26)33(22)24/h1-21H. The van der Waals surface area contributed by atoms with Crippen LogP contribution in [0.4, 0.5) is 0 Å². The van der Waals surface area contributed by atoms with E-state index in [2.05, 4.69) is 115 Å². The van der Waals surface area contributed by atoms with E-state index in [9.17, 15) is 0 Å². The molecule has 174 valence electrons. The Kier molecular flexibility index (Phi) is 3.85. The Morgan fingerprint density at radius 2 is 0.921 bits per heavy atom. The maximum absolute atomic E-state index is 4.88. The number of nitrogens with zero attached hydrogens (tertiary/aromatic N) is 1. The van der Waals surface area contributed by atoms with E-state index in [0.717, 1.165) is 5.69 Å². The molecule has 9 rings (SSSR count). The van der Waals surface area contributed by atoms with Crippen molar-refractivity contribution in [3.8, 4) is 22.4 Å². The molecule has 0 radical (unpaired) electrons. The SMILES string of the molecule is c1ccc(-c2c(-c3ccc4ccc5cccc6ccc3c4c56)cc3ccc4cccc5ccc2c3c45)nc1. The lowest BCUT2D eigenvalue weighted by atomic mass is 9.84. The lowest BCUT2D eigenvalue weighted by Crippen LogP contribution is -1.94. The normalized spacial score (nSPS) is 12.2. The van der Waals surface area contributed by atoms with E-state index in [-0.39, 0.29) is 0 Å². The Hall–Kier alpha value is -5.01. The van der Waals surface area contributed by atoms with Crippen molar-refractivity contribution in [1.82, 2.24) is 4.98 Å². The zero-order valence-corrected chi connectivity index (χ0v) is 20.6. The van der Waals surface area contributed by atoms with Crippen molar-refractivity contribution < 1.29 is 0 Å². The minimum Gasteiger partial charge on any atom is -0.256 e. The fourth-order valence-electron chi connectivity index (χ4n) is 6.78. The van der Waals surface area contributed by atoms with E-state index in [0.29, 0.717) is 0 Å². The molecular weight excluding hydrogens is 458 g/mol. The van der Waals surface area contributed by atoms with Crippen LogP contribution in [0, 0.1) is 0 Å². The summed E-state index contributed by atoms with van der Waals surface area (Å²) < 4.78 is 0. The highest BCUT2D eigenvalue weighted by atomic mass is 14.7. The van der Waals surface area contributed by atoms with Gasteiger partial charge in [-0.05, 0) is 94.0 Å². The van der Waals surface area contributed by atoms with Gasteiger partial charge in [-0.1, -0.05) is 103 Å². The van der Waals surface area contributed by atoms with Gasteiger partial charge in [0, 0.05) is 11.8 Å². The molecule has 9 aromatic rings. The van der Waals surface area contributed by atoms with Crippen molar-refractivity contribution in [2.45, 2.75) is 0 Å². The van der Waals surface area contributed by atoms with Gasteiger partial charge >= 0.3 is 0 Å². The van der Waals surface area contributed by atoms with Crippen molar-refractivity contribution in [2.24, 2.45) is 0 Å². The molecule has 0 amide bonds. The van der Waals surface area contributed by atoms with Gasteiger partial charge in [-0.2, -0.15) is 0 Å². The largest absolute Gasteiger partial charge is 0.256 e. The third-order valence-corrected chi connectivity index (χ3v) is 8.39. The molecule has 1 heterocycles. The summed E-state index contributed by atoms with van der Waals surface area (Å²) in [4.78, 5) is 4.88. The summed E-state index contributed by atoms with van der Waals surface area (Å²) >= 11 is 0. The lowest BCUT2D eigenvalue weighted by molar-refractivity contribution is 1.33. The number of hydrogen-bond donors (Lipinski definition) is 0. The van der Waals surface area contributed by atoms with Crippen LogP contribution in [0.2, 0.25) is 0 Å². The van der Waals surface area contributed by atoms with Gasteiger partial charge in [-0.15, -0.1) is 0 Å². The summed E-state index contributed by atoms with van der Waals surface area (Å²) in [5, 5.41) is 15.6. The van der Waals surface area contributed by atoms with Gasteiger partial charge < -0.3 is 0 Å². The number of aromatic nitrogens is 1. The molecule has 38 heavy (non-hydrogen) atoms. The smallest absolute Gasteiger partial charge is 0.0714 e. The molecule has 0 aliphatic heterocycles. The van der Waals surface area contributed by atoms with Crippen LogP contribution >= 0.6 is 0 Å². The van der Waals surface area contributed by atoms with Crippen molar-refractivity contribution >= 4 is 64.6 Å². The number of rotatable bonds is 2. The summed E-state index contributed by atoms with van der Waals surface area (Å²) in [5.41, 5.74) is 4.69. The van der Waals surface area contributed by atoms with Crippen LogP contribution in [-0.2, 0) is 0 Å². The average molecular weight is 480 g/mol. The van der Waals surface area contributed by atoms with E-state index in [4.69, 9.17) is 4.98 Å². The van der Waals surface area contributed by atoms with Gasteiger partial charge in [0.05, 0.1) is 5.69 Å². The molecule has 0 bridgehead atoms. The molecule has 0 atom stereocenters. The van der Waals surface area contributed by atoms with Gasteiger partial charge in [0.25, 0.3) is 0 Å². The van der Waals surface area contributed by atoms with Crippen LogP contribution in [0.15, 0.2) is 128 Å². The summed E-state index contributed by atoms with van der Waals surface area (Å²) in [6, 6.07) is 44.6. The highest BCUT2D eigenvalue weighted by Gasteiger charge is 2.20.